The van der Waals surface area contributed by atoms with Gasteiger partial charge in [0.15, 0.2) is 0 Å². The normalized spacial score (nSPS) is 14.8. The molecule has 0 amide bonds. The molecule has 8 aromatic rings. The largest absolute Gasteiger partial charge is 0.503 e. The zero-order valence-electron chi connectivity index (χ0n) is 38.9. The first-order valence-corrected chi connectivity index (χ1v) is 19.2. The van der Waals surface area contributed by atoms with E-state index in [9.17, 15) is 0 Å². The second-order valence-electron chi connectivity index (χ2n) is 16.6. The predicted molar refractivity (Wildman–Crippen MR) is 236 cm³/mol. The van der Waals surface area contributed by atoms with Gasteiger partial charge in [0.25, 0.3) is 11.4 Å². The summed E-state index contributed by atoms with van der Waals surface area (Å²) in [7, 11) is 0. The minimum atomic E-state index is -2.57. The number of pyridine rings is 2. The number of ether oxygens (including phenoxy) is 1. The van der Waals surface area contributed by atoms with Crippen LogP contribution in [0.5, 0.6) is 11.6 Å². The van der Waals surface area contributed by atoms with Crippen molar-refractivity contribution in [2.24, 2.45) is 0 Å². The van der Waals surface area contributed by atoms with Crippen LogP contribution in [-0.2, 0) is 10.8 Å². The third-order valence-electron chi connectivity index (χ3n) is 10.7. The molecule has 0 unspecified atom stereocenters. The van der Waals surface area contributed by atoms with Crippen molar-refractivity contribution in [3.63, 3.8) is 0 Å². The van der Waals surface area contributed by atoms with Crippen LogP contribution in [0.2, 0.25) is 0 Å². The Morgan fingerprint density at radius 2 is 1.30 bits per heavy atom. The zero-order valence-corrected chi connectivity index (χ0v) is 32.9. The van der Waals surface area contributed by atoms with E-state index in [-0.39, 0.29) is 27.5 Å². The summed E-state index contributed by atoms with van der Waals surface area (Å²) in [5.74, 6) is 1.80. The highest BCUT2D eigenvalue weighted by molar-refractivity contribution is 6.09. The number of rotatable bonds is 6. The summed E-state index contributed by atoms with van der Waals surface area (Å²) >= 11 is 0. The smallest absolute Gasteiger partial charge is 0.439 e. The van der Waals surface area contributed by atoms with Gasteiger partial charge < -0.3 is 4.74 Å². The maximum Gasteiger partial charge on any atom is 0.503 e. The van der Waals surface area contributed by atoms with Gasteiger partial charge in [-0.05, 0) is 91.8 Å². The van der Waals surface area contributed by atoms with Crippen molar-refractivity contribution >= 4 is 50.6 Å². The summed E-state index contributed by atoms with van der Waals surface area (Å²) in [6.07, 6.45) is 3.73. The lowest BCUT2D eigenvalue weighted by Gasteiger charge is -2.20. The molecule has 0 fully saturated rings. The molecular formula is C51H47N5O+2. The Morgan fingerprint density at radius 1 is 0.614 bits per heavy atom. The van der Waals surface area contributed by atoms with Crippen molar-refractivity contribution in [1.82, 2.24) is 23.7 Å². The highest BCUT2D eigenvalue weighted by atomic mass is 16.5. The number of benzene rings is 5. The van der Waals surface area contributed by atoms with E-state index >= 15 is 0 Å². The molecule has 6 heteroatoms. The van der Waals surface area contributed by atoms with Gasteiger partial charge in [0.1, 0.15) is 11.6 Å². The summed E-state index contributed by atoms with van der Waals surface area (Å²) in [5.41, 5.74) is 7.28. The van der Waals surface area contributed by atoms with E-state index in [0.717, 1.165) is 50.2 Å². The number of fused-ring (bicyclic) bond motifs is 4. The average Bonchev–Trinajstić information content (AvgIpc) is 3.78. The van der Waals surface area contributed by atoms with Gasteiger partial charge in [-0.3, -0.25) is 4.57 Å². The van der Waals surface area contributed by atoms with E-state index in [1.54, 1.807) is 12.1 Å². The van der Waals surface area contributed by atoms with Gasteiger partial charge in [0.05, 0.1) is 22.7 Å². The van der Waals surface area contributed by atoms with Gasteiger partial charge >= 0.3 is 6.01 Å². The quantitative estimate of drug-likeness (QED) is 0.159. The number of aryl methyl sites for hydroxylation is 2. The van der Waals surface area contributed by atoms with E-state index in [0.29, 0.717) is 22.9 Å². The summed E-state index contributed by atoms with van der Waals surface area (Å²) in [6.45, 7) is 7.89. The van der Waals surface area contributed by atoms with Crippen molar-refractivity contribution in [2.75, 3.05) is 0 Å². The molecule has 0 aliphatic carbocycles. The minimum absolute atomic E-state index is 0.0329. The maximum atomic E-state index is 8.41. The van der Waals surface area contributed by atoms with Gasteiger partial charge in [-0.15, -0.1) is 0 Å². The summed E-state index contributed by atoms with van der Waals surface area (Å²) in [6, 6.07) is 43.7. The van der Waals surface area contributed by atoms with Crippen molar-refractivity contribution in [2.45, 2.75) is 66.1 Å². The van der Waals surface area contributed by atoms with Crippen molar-refractivity contribution in [1.29, 1.82) is 0 Å². The van der Waals surface area contributed by atoms with Crippen LogP contribution in [0.4, 0.5) is 22.7 Å². The molecular weight excluding hydrogens is 699 g/mol. The van der Waals surface area contributed by atoms with Gasteiger partial charge in [0, 0.05) is 61.7 Å². The predicted octanol–water partition coefficient (Wildman–Crippen LogP) is 13.1. The molecule has 0 radical (unpaired) electrons. The van der Waals surface area contributed by atoms with Gasteiger partial charge in [-0.1, -0.05) is 102 Å². The molecule has 3 aromatic heterocycles. The van der Waals surface area contributed by atoms with Crippen LogP contribution in [0.1, 0.15) is 72.0 Å². The molecule has 0 bridgehead atoms. The van der Waals surface area contributed by atoms with E-state index in [1.807, 2.05) is 88.3 Å². The number of para-hydroxylation sites is 4. The van der Waals surface area contributed by atoms with E-state index in [2.05, 4.69) is 82.4 Å². The Kier molecular flexibility index (Phi) is 7.04. The fourth-order valence-corrected chi connectivity index (χ4v) is 7.63. The summed E-state index contributed by atoms with van der Waals surface area (Å²) in [4.78, 5) is 9.67. The zero-order chi connectivity index (χ0) is 44.6. The van der Waals surface area contributed by atoms with Crippen molar-refractivity contribution in [3.05, 3.63) is 162 Å². The molecule has 1 aliphatic rings. The second-order valence-corrected chi connectivity index (χ2v) is 16.6. The summed E-state index contributed by atoms with van der Waals surface area (Å²) < 4.78 is 63.2. The molecule has 4 heterocycles. The molecule has 0 saturated heterocycles. The molecule has 1 aliphatic heterocycles. The third-order valence-corrected chi connectivity index (χ3v) is 10.7. The monoisotopic (exact) mass is 751 g/mol. The van der Waals surface area contributed by atoms with E-state index in [1.165, 1.54) is 23.8 Å². The lowest BCUT2D eigenvalue weighted by Crippen LogP contribution is -2.12. The van der Waals surface area contributed by atoms with Crippen LogP contribution in [0.15, 0.2) is 140 Å². The number of nitrogens with zero attached hydrogens (tertiary/aromatic N) is 5. The number of hydrogen-bond acceptors (Lipinski definition) is 3. The standard InChI is InChI=1S/C51H47N5O/c1-33-16-15-17-34(2)49(33)40-19-10-11-20-42(40)55-32-54(44-22-13-14-23-45(44)55)37-26-36(51(6,7)8)27-38(29-37)57-48-30-46-41(31-53-48)39-18-9-12-21-43(39)56(46)47-28-35(24-25-52-47)50(3,4)5/h9-31H,1-8H3/q+2/i1D3,2D3. The topological polar surface area (TPSA) is 46.0 Å². The number of aromatic nitrogens is 3. The maximum absolute atomic E-state index is 8.41. The molecule has 0 atom stereocenters. The fourth-order valence-electron chi connectivity index (χ4n) is 7.63. The third kappa shape index (κ3) is 6.42. The van der Waals surface area contributed by atoms with E-state index in [4.69, 9.17) is 22.9 Å². The van der Waals surface area contributed by atoms with Crippen molar-refractivity contribution in [3.8, 4) is 28.6 Å². The van der Waals surface area contributed by atoms with Gasteiger partial charge in [-0.25, -0.2) is 9.97 Å². The molecule has 5 aromatic carbocycles. The molecule has 57 heavy (non-hydrogen) atoms. The van der Waals surface area contributed by atoms with Crippen LogP contribution in [0, 0.1) is 13.7 Å². The lowest BCUT2D eigenvalue weighted by molar-refractivity contribution is 0.460. The molecule has 0 N–H and O–H groups in total. The molecule has 0 spiro atoms. The van der Waals surface area contributed by atoms with Crippen LogP contribution in [0.25, 0.3) is 38.8 Å². The highest BCUT2D eigenvalue weighted by Crippen LogP contribution is 2.43. The minimum Gasteiger partial charge on any atom is -0.439 e. The first-order chi connectivity index (χ1) is 29.8. The van der Waals surface area contributed by atoms with Gasteiger partial charge in [0.2, 0.25) is 17.3 Å². The Labute approximate surface area is 343 Å². The molecule has 6 nitrogen and oxygen atoms in total. The Hall–Kier alpha value is -6.62. The SMILES string of the molecule is [2H]C([2H])([2H])c1cccc(C([2H])([2H])[2H])c1-c1ccccc1[N+]1=C=[N+](c2cc(Oc3cc4c(cn3)c3ccccc3n4-c3cc(C(C)(C)C)ccn3)cc(C(C)(C)C)c2)c2ccccc21. The average molecular weight is 752 g/mol. The second kappa shape index (κ2) is 13.5. The molecule has 9 rings (SSSR count). The van der Waals surface area contributed by atoms with Crippen molar-refractivity contribution < 1.29 is 13.0 Å². The van der Waals surface area contributed by atoms with Gasteiger partial charge in [-0.2, -0.15) is 0 Å². The van der Waals surface area contributed by atoms with Crippen LogP contribution in [0.3, 0.4) is 0 Å². The van der Waals surface area contributed by atoms with Crippen LogP contribution in [-0.4, -0.2) is 20.5 Å². The Morgan fingerprint density at radius 3 is 2.04 bits per heavy atom. The van der Waals surface area contributed by atoms with E-state index < -0.39 is 13.7 Å². The Balaban J connectivity index is 1.21. The first-order valence-electron chi connectivity index (χ1n) is 22.2. The van der Waals surface area contributed by atoms with Crippen LogP contribution < -0.4 is 13.9 Å². The summed E-state index contributed by atoms with van der Waals surface area (Å²) in [5, 5.41) is 2.05. The number of hydrogen-bond donors (Lipinski definition) is 0. The fraction of sp³-hybridized carbons (Fsp3) is 0.196. The molecule has 280 valence electrons. The first kappa shape index (κ1) is 29.6. The lowest BCUT2D eigenvalue weighted by atomic mass is 9.86. The molecule has 0 saturated carbocycles. The van der Waals surface area contributed by atoms with Crippen LogP contribution >= 0.6 is 0 Å². The Bertz CT molecular complexity index is 3160. The highest BCUT2D eigenvalue weighted by Gasteiger charge is 2.38.